The van der Waals surface area contributed by atoms with Crippen molar-refractivity contribution in [3.05, 3.63) is 58.1 Å². The van der Waals surface area contributed by atoms with Crippen LogP contribution in [0.15, 0.2) is 35.5 Å². The molecular weight excluding hydrogens is 368 g/mol. The van der Waals surface area contributed by atoms with Gasteiger partial charge in [0.1, 0.15) is 0 Å². The summed E-state index contributed by atoms with van der Waals surface area (Å²) in [6.45, 7) is 6.09. The minimum atomic E-state index is -0.0519. The zero-order valence-corrected chi connectivity index (χ0v) is 17.2. The number of nitrogens with one attached hydrogen (secondary N) is 2. The third kappa shape index (κ3) is 3.97. The number of anilines is 1. The average Bonchev–Trinajstić information content (AvgIpc) is 3.31. The predicted octanol–water partition coefficient (Wildman–Crippen LogP) is 4.62. The zero-order valence-electron chi connectivity index (χ0n) is 16.4. The molecule has 2 N–H and O–H groups in total. The number of benzene rings is 2. The number of amides is 1. The van der Waals surface area contributed by atoms with E-state index in [0.717, 1.165) is 34.6 Å². The summed E-state index contributed by atoms with van der Waals surface area (Å²) < 4.78 is 0. The second kappa shape index (κ2) is 7.80. The highest BCUT2D eigenvalue weighted by atomic mass is 32.2. The smallest absolute Gasteiger partial charge is 0.234 e. The fourth-order valence-corrected chi connectivity index (χ4v) is 4.44. The third-order valence-electron chi connectivity index (χ3n) is 5.11. The lowest BCUT2D eigenvalue weighted by atomic mass is 10.1. The van der Waals surface area contributed by atoms with Crippen LogP contribution < -0.4 is 5.32 Å². The molecule has 0 saturated carbocycles. The van der Waals surface area contributed by atoms with Crippen molar-refractivity contribution < 1.29 is 4.79 Å². The highest BCUT2D eigenvalue weighted by Gasteiger charge is 2.14. The van der Waals surface area contributed by atoms with Gasteiger partial charge >= 0.3 is 0 Å². The van der Waals surface area contributed by atoms with E-state index in [4.69, 9.17) is 0 Å². The second-order valence-corrected chi connectivity index (χ2v) is 8.36. The predicted molar refractivity (Wildman–Crippen MR) is 114 cm³/mol. The van der Waals surface area contributed by atoms with Gasteiger partial charge in [0.25, 0.3) is 0 Å². The minimum Gasteiger partial charge on any atom is -0.325 e. The molecule has 1 aromatic heterocycles. The van der Waals surface area contributed by atoms with Gasteiger partial charge in [0.2, 0.25) is 11.1 Å². The molecule has 2 aromatic carbocycles. The van der Waals surface area contributed by atoms with Gasteiger partial charge in [0, 0.05) is 11.3 Å². The van der Waals surface area contributed by atoms with Crippen molar-refractivity contribution in [1.29, 1.82) is 0 Å². The van der Waals surface area contributed by atoms with E-state index in [2.05, 4.69) is 57.8 Å². The summed E-state index contributed by atoms with van der Waals surface area (Å²) in [4.78, 5) is 16.9. The summed E-state index contributed by atoms with van der Waals surface area (Å²) in [7, 11) is 0. The number of aryl methyl sites for hydroxylation is 5. The Morgan fingerprint density at radius 2 is 1.86 bits per heavy atom. The number of hydrogen-bond acceptors (Lipinski definition) is 4. The molecule has 1 aliphatic carbocycles. The summed E-state index contributed by atoms with van der Waals surface area (Å²) >= 11 is 1.34. The molecule has 0 radical (unpaired) electrons. The number of aromatic nitrogens is 3. The minimum absolute atomic E-state index is 0.0519. The average molecular weight is 393 g/mol. The van der Waals surface area contributed by atoms with Crippen molar-refractivity contribution in [1.82, 2.24) is 15.2 Å². The topological polar surface area (TPSA) is 70.7 Å². The first-order valence-electron chi connectivity index (χ1n) is 9.54. The highest BCUT2D eigenvalue weighted by molar-refractivity contribution is 7.99. The fourth-order valence-electron chi connectivity index (χ4n) is 3.84. The maximum absolute atomic E-state index is 12.4. The molecular formula is C22H24N4OS. The Morgan fingerprint density at radius 3 is 2.64 bits per heavy atom. The SMILES string of the molecule is Cc1cc(C)c(NC(=O)CSc2n[nH]c(-c3ccc4c(c3)CCC4)n2)c(C)c1. The van der Waals surface area contributed by atoms with Crippen LogP contribution in [-0.2, 0) is 17.6 Å². The molecule has 0 fully saturated rings. The van der Waals surface area contributed by atoms with Crippen molar-refractivity contribution in [2.75, 3.05) is 11.1 Å². The third-order valence-corrected chi connectivity index (χ3v) is 5.96. The molecule has 1 aliphatic rings. The van der Waals surface area contributed by atoms with Crippen molar-refractivity contribution in [2.24, 2.45) is 0 Å². The van der Waals surface area contributed by atoms with Crippen LogP contribution in [0.1, 0.15) is 34.2 Å². The van der Waals surface area contributed by atoms with Crippen LogP contribution in [0.25, 0.3) is 11.4 Å². The molecule has 0 saturated heterocycles. The van der Waals surface area contributed by atoms with Crippen LogP contribution in [-0.4, -0.2) is 26.8 Å². The lowest BCUT2D eigenvalue weighted by Gasteiger charge is -2.12. The number of H-pyrrole nitrogens is 1. The van der Waals surface area contributed by atoms with Gasteiger partial charge < -0.3 is 5.32 Å². The summed E-state index contributed by atoms with van der Waals surface area (Å²) in [5.41, 5.74) is 8.14. The largest absolute Gasteiger partial charge is 0.325 e. The molecule has 28 heavy (non-hydrogen) atoms. The van der Waals surface area contributed by atoms with Crippen LogP contribution >= 0.6 is 11.8 Å². The normalized spacial score (nSPS) is 12.8. The van der Waals surface area contributed by atoms with Crippen molar-refractivity contribution in [3.8, 4) is 11.4 Å². The Bertz CT molecular complexity index is 1020. The lowest BCUT2D eigenvalue weighted by Crippen LogP contribution is -2.16. The van der Waals surface area contributed by atoms with E-state index in [1.54, 1.807) is 0 Å². The lowest BCUT2D eigenvalue weighted by molar-refractivity contribution is -0.113. The molecule has 1 amide bonds. The van der Waals surface area contributed by atoms with Crippen LogP contribution in [0.4, 0.5) is 5.69 Å². The van der Waals surface area contributed by atoms with Crippen LogP contribution in [0.3, 0.4) is 0 Å². The van der Waals surface area contributed by atoms with Gasteiger partial charge in [-0.25, -0.2) is 4.98 Å². The molecule has 0 unspecified atom stereocenters. The Labute approximate surface area is 169 Å². The van der Waals surface area contributed by atoms with Crippen molar-refractivity contribution in [2.45, 2.75) is 45.2 Å². The quantitative estimate of drug-likeness (QED) is 0.622. The standard InChI is InChI=1S/C22H24N4OS/c1-13-9-14(2)20(15(3)10-13)23-19(27)12-28-22-24-21(25-26-22)18-8-7-16-5-4-6-17(16)11-18/h7-11H,4-6,12H2,1-3H3,(H,23,27)(H,24,25,26). The first-order valence-corrected chi connectivity index (χ1v) is 10.5. The molecule has 1 heterocycles. The van der Waals surface area contributed by atoms with E-state index in [9.17, 15) is 4.79 Å². The molecule has 5 nitrogen and oxygen atoms in total. The molecule has 0 aliphatic heterocycles. The maximum Gasteiger partial charge on any atom is 0.234 e. The number of carbonyl (C=O) groups is 1. The number of carbonyl (C=O) groups excluding carboxylic acids is 1. The van der Waals surface area contributed by atoms with Gasteiger partial charge in [-0.05, 0) is 68.4 Å². The van der Waals surface area contributed by atoms with Crippen LogP contribution in [0, 0.1) is 20.8 Å². The van der Waals surface area contributed by atoms with E-state index in [1.165, 1.54) is 41.3 Å². The van der Waals surface area contributed by atoms with E-state index in [0.29, 0.717) is 5.16 Å². The number of aromatic amines is 1. The number of rotatable bonds is 5. The maximum atomic E-state index is 12.4. The van der Waals surface area contributed by atoms with Gasteiger partial charge in [-0.1, -0.05) is 41.6 Å². The summed E-state index contributed by atoms with van der Waals surface area (Å²) in [5.74, 6) is 0.973. The molecule has 0 atom stereocenters. The first kappa shape index (κ1) is 18.7. The zero-order chi connectivity index (χ0) is 19.7. The Balaban J connectivity index is 1.39. The van der Waals surface area contributed by atoms with E-state index in [1.807, 2.05) is 13.8 Å². The monoisotopic (exact) mass is 392 g/mol. The summed E-state index contributed by atoms with van der Waals surface area (Å²) in [6, 6.07) is 10.6. The van der Waals surface area contributed by atoms with Gasteiger partial charge in [-0.2, -0.15) is 0 Å². The molecule has 144 valence electrons. The number of hydrogen-bond donors (Lipinski definition) is 2. The Morgan fingerprint density at radius 1 is 1.11 bits per heavy atom. The van der Waals surface area contributed by atoms with Gasteiger partial charge in [-0.3, -0.25) is 9.89 Å². The van der Waals surface area contributed by atoms with Gasteiger partial charge in [0.05, 0.1) is 5.75 Å². The second-order valence-electron chi connectivity index (χ2n) is 7.41. The highest BCUT2D eigenvalue weighted by Crippen LogP contribution is 2.27. The van der Waals surface area contributed by atoms with E-state index in [-0.39, 0.29) is 11.7 Å². The number of nitrogens with zero attached hydrogens (tertiary/aromatic N) is 2. The summed E-state index contributed by atoms with van der Waals surface area (Å²) in [5, 5.41) is 10.9. The Hall–Kier alpha value is -2.60. The van der Waals surface area contributed by atoms with Gasteiger partial charge in [0.15, 0.2) is 5.82 Å². The molecule has 4 rings (SSSR count). The van der Waals surface area contributed by atoms with Crippen LogP contribution in [0.2, 0.25) is 0 Å². The molecule has 6 heteroatoms. The first-order chi connectivity index (χ1) is 13.5. The Kier molecular flexibility index (Phi) is 5.22. The molecule has 0 bridgehead atoms. The summed E-state index contributed by atoms with van der Waals surface area (Å²) in [6.07, 6.45) is 3.53. The fraction of sp³-hybridized carbons (Fsp3) is 0.318. The number of fused-ring (bicyclic) bond motifs is 1. The molecule has 0 spiro atoms. The van der Waals surface area contributed by atoms with Crippen molar-refractivity contribution in [3.63, 3.8) is 0 Å². The van der Waals surface area contributed by atoms with Crippen molar-refractivity contribution >= 4 is 23.4 Å². The van der Waals surface area contributed by atoms with Crippen LogP contribution in [0.5, 0.6) is 0 Å². The van der Waals surface area contributed by atoms with E-state index < -0.39 is 0 Å². The number of thioether (sulfide) groups is 1. The molecule has 3 aromatic rings. The van der Waals surface area contributed by atoms with Gasteiger partial charge in [-0.15, -0.1) is 5.10 Å². The van der Waals surface area contributed by atoms with E-state index >= 15 is 0 Å².